The molecule has 0 atom stereocenters. The van der Waals surface area contributed by atoms with Gasteiger partial charge in [0.25, 0.3) is 0 Å². The van der Waals surface area contributed by atoms with E-state index in [0.29, 0.717) is 0 Å². The summed E-state index contributed by atoms with van der Waals surface area (Å²) in [6, 6.07) is 73.1. The lowest BCUT2D eigenvalue weighted by atomic mass is 9.96. The van der Waals surface area contributed by atoms with Gasteiger partial charge in [0.2, 0.25) is 0 Å². The molecule has 0 spiro atoms. The summed E-state index contributed by atoms with van der Waals surface area (Å²) in [5.41, 5.74) is 15.8. The highest BCUT2D eigenvalue weighted by Crippen LogP contribution is 2.43. The van der Waals surface area contributed by atoms with Crippen molar-refractivity contribution in [3.05, 3.63) is 206 Å². The fraction of sp³-hybridized carbons (Fsp3) is 0. The van der Waals surface area contributed by atoms with Gasteiger partial charge in [0.15, 0.2) is 0 Å². The molecule has 0 aliphatic heterocycles. The van der Waals surface area contributed by atoms with Crippen molar-refractivity contribution in [1.82, 2.24) is 9.55 Å². The third-order valence-electron chi connectivity index (χ3n) is 11.0. The summed E-state index contributed by atoms with van der Waals surface area (Å²) in [6.07, 6.45) is 0. The first kappa shape index (κ1) is 32.0. The Kier molecular flexibility index (Phi) is 7.49. The van der Waals surface area contributed by atoms with Gasteiger partial charge >= 0.3 is 0 Å². The third-order valence-corrected chi connectivity index (χ3v) is 11.0. The molecule has 0 saturated carbocycles. The van der Waals surface area contributed by atoms with Gasteiger partial charge in [0, 0.05) is 33.0 Å². The van der Waals surface area contributed by atoms with E-state index in [1.165, 1.54) is 16.7 Å². The summed E-state index contributed by atoms with van der Waals surface area (Å²) < 4.78 is 9.42. The largest absolute Gasteiger partial charge is 0.455 e. The Balaban J connectivity index is 1.13. The van der Waals surface area contributed by atoms with Gasteiger partial charge in [-0.1, -0.05) is 152 Å². The standard InChI is InChI=1S/C53H34N2O/c1-4-14-35(15-5-1)37-26-28-38(29-27-37)41-33-47(40-19-12-18-39(32-40)36-16-6-2-7-17-36)54-48(34-41)45-24-13-23-43-44-30-31-50-51(53(44)56-52(43)45)46-22-10-11-25-49(46)55(50)42-20-8-3-9-21-42/h1-34H. The maximum absolute atomic E-state index is 7.09. The van der Waals surface area contributed by atoms with E-state index in [9.17, 15) is 0 Å². The fourth-order valence-corrected chi connectivity index (χ4v) is 8.32. The molecule has 0 aliphatic carbocycles. The minimum absolute atomic E-state index is 0.833. The van der Waals surface area contributed by atoms with Crippen molar-refractivity contribution in [2.45, 2.75) is 0 Å². The van der Waals surface area contributed by atoms with Crippen LogP contribution >= 0.6 is 0 Å². The van der Waals surface area contributed by atoms with E-state index in [1.54, 1.807) is 0 Å². The Hall–Kier alpha value is -7.49. The Morgan fingerprint density at radius 3 is 1.66 bits per heavy atom. The minimum atomic E-state index is 0.833. The molecule has 11 rings (SSSR count). The molecule has 0 unspecified atom stereocenters. The van der Waals surface area contributed by atoms with Crippen LogP contribution in [0.4, 0.5) is 0 Å². The van der Waals surface area contributed by atoms with Crippen LogP contribution in [0.25, 0.3) is 105 Å². The highest BCUT2D eigenvalue weighted by atomic mass is 16.3. The first-order valence-corrected chi connectivity index (χ1v) is 19.0. The lowest BCUT2D eigenvalue weighted by Gasteiger charge is -2.12. The molecule has 0 aliphatic rings. The quantitative estimate of drug-likeness (QED) is 0.172. The Labute approximate surface area is 324 Å². The van der Waals surface area contributed by atoms with E-state index in [-0.39, 0.29) is 0 Å². The SMILES string of the molecule is c1ccc(-c2ccc(-c3cc(-c4cccc(-c5ccccc5)c4)nc(-c4cccc5c4oc4c5ccc5c4c4ccccc4n5-c4ccccc4)c3)cc2)cc1. The molecule has 0 N–H and O–H groups in total. The Morgan fingerprint density at radius 1 is 0.339 bits per heavy atom. The predicted molar refractivity (Wildman–Crippen MR) is 233 cm³/mol. The highest BCUT2D eigenvalue weighted by Gasteiger charge is 2.21. The second kappa shape index (κ2) is 13.1. The molecule has 11 aromatic rings. The minimum Gasteiger partial charge on any atom is -0.455 e. The molecular formula is C53H34N2O. The number of nitrogens with zero attached hydrogens (tertiary/aromatic N) is 2. The summed E-state index contributed by atoms with van der Waals surface area (Å²) >= 11 is 0. The zero-order valence-electron chi connectivity index (χ0n) is 30.4. The monoisotopic (exact) mass is 714 g/mol. The molecular weight excluding hydrogens is 681 g/mol. The Morgan fingerprint density at radius 2 is 0.893 bits per heavy atom. The fourth-order valence-electron chi connectivity index (χ4n) is 8.32. The summed E-state index contributed by atoms with van der Waals surface area (Å²) in [5, 5.41) is 4.44. The second-order valence-electron chi connectivity index (χ2n) is 14.3. The van der Waals surface area contributed by atoms with E-state index < -0.39 is 0 Å². The van der Waals surface area contributed by atoms with Gasteiger partial charge in [0.05, 0.1) is 27.8 Å². The van der Waals surface area contributed by atoms with Crippen molar-refractivity contribution < 1.29 is 4.42 Å². The average Bonchev–Trinajstić information content (AvgIpc) is 3.83. The molecule has 3 nitrogen and oxygen atoms in total. The van der Waals surface area contributed by atoms with Crippen molar-refractivity contribution >= 4 is 43.7 Å². The predicted octanol–water partition coefficient (Wildman–Crippen LogP) is 14.4. The van der Waals surface area contributed by atoms with Crippen molar-refractivity contribution in [3.8, 4) is 61.6 Å². The number of para-hydroxylation sites is 3. The first-order chi connectivity index (χ1) is 27.8. The van der Waals surface area contributed by atoms with E-state index >= 15 is 0 Å². The summed E-state index contributed by atoms with van der Waals surface area (Å²) in [7, 11) is 0. The molecule has 0 fully saturated rings. The number of pyridine rings is 1. The maximum Gasteiger partial charge on any atom is 0.145 e. The molecule has 0 amide bonds. The van der Waals surface area contributed by atoms with Gasteiger partial charge in [0.1, 0.15) is 11.2 Å². The van der Waals surface area contributed by atoms with Crippen LogP contribution < -0.4 is 0 Å². The van der Waals surface area contributed by atoms with Crippen LogP contribution in [0.3, 0.4) is 0 Å². The van der Waals surface area contributed by atoms with Crippen molar-refractivity contribution in [2.75, 3.05) is 0 Å². The number of aromatic nitrogens is 2. The molecule has 3 heterocycles. The highest BCUT2D eigenvalue weighted by molar-refractivity contribution is 6.24. The van der Waals surface area contributed by atoms with Gasteiger partial charge < -0.3 is 8.98 Å². The number of fused-ring (bicyclic) bond motifs is 7. The van der Waals surface area contributed by atoms with Crippen LogP contribution in [-0.2, 0) is 0 Å². The summed E-state index contributed by atoms with van der Waals surface area (Å²) in [5.74, 6) is 0. The lowest BCUT2D eigenvalue weighted by Crippen LogP contribution is -1.92. The molecule has 8 aromatic carbocycles. The van der Waals surface area contributed by atoms with Crippen LogP contribution in [0.2, 0.25) is 0 Å². The zero-order chi connectivity index (χ0) is 37.0. The second-order valence-corrected chi connectivity index (χ2v) is 14.3. The molecule has 0 radical (unpaired) electrons. The van der Waals surface area contributed by atoms with E-state index in [2.05, 4.69) is 211 Å². The summed E-state index contributed by atoms with van der Waals surface area (Å²) in [6.45, 7) is 0. The number of benzene rings is 8. The molecule has 56 heavy (non-hydrogen) atoms. The zero-order valence-corrected chi connectivity index (χ0v) is 30.4. The number of furan rings is 1. The van der Waals surface area contributed by atoms with E-state index in [4.69, 9.17) is 9.40 Å². The van der Waals surface area contributed by atoms with Crippen molar-refractivity contribution in [1.29, 1.82) is 0 Å². The molecule has 3 heteroatoms. The van der Waals surface area contributed by atoms with Crippen molar-refractivity contribution in [2.24, 2.45) is 0 Å². The number of hydrogen-bond acceptors (Lipinski definition) is 2. The normalized spacial score (nSPS) is 11.6. The maximum atomic E-state index is 7.09. The third kappa shape index (κ3) is 5.32. The van der Waals surface area contributed by atoms with Gasteiger partial charge in [-0.15, -0.1) is 0 Å². The van der Waals surface area contributed by atoms with E-state index in [1.807, 2.05) is 0 Å². The van der Waals surface area contributed by atoms with Gasteiger partial charge in [-0.25, -0.2) is 4.98 Å². The van der Waals surface area contributed by atoms with Gasteiger partial charge in [-0.3, -0.25) is 0 Å². The number of rotatable bonds is 6. The summed E-state index contributed by atoms with van der Waals surface area (Å²) in [4.78, 5) is 5.41. The van der Waals surface area contributed by atoms with Crippen LogP contribution in [-0.4, -0.2) is 9.55 Å². The van der Waals surface area contributed by atoms with Crippen LogP contribution in [0.5, 0.6) is 0 Å². The van der Waals surface area contributed by atoms with Gasteiger partial charge in [-0.2, -0.15) is 0 Å². The van der Waals surface area contributed by atoms with E-state index in [0.717, 1.165) is 88.6 Å². The van der Waals surface area contributed by atoms with Crippen molar-refractivity contribution in [3.63, 3.8) is 0 Å². The molecule has 262 valence electrons. The van der Waals surface area contributed by atoms with Crippen LogP contribution in [0.1, 0.15) is 0 Å². The smallest absolute Gasteiger partial charge is 0.145 e. The van der Waals surface area contributed by atoms with Crippen LogP contribution in [0.15, 0.2) is 211 Å². The lowest BCUT2D eigenvalue weighted by molar-refractivity contribution is 0.674. The van der Waals surface area contributed by atoms with Crippen LogP contribution in [0, 0.1) is 0 Å². The number of hydrogen-bond donors (Lipinski definition) is 0. The topological polar surface area (TPSA) is 31.0 Å². The molecule has 0 saturated heterocycles. The average molecular weight is 715 g/mol. The Bertz CT molecular complexity index is 3210. The van der Waals surface area contributed by atoms with Gasteiger partial charge in [-0.05, 0) is 88.0 Å². The molecule has 0 bridgehead atoms. The first-order valence-electron chi connectivity index (χ1n) is 19.0. The molecule has 3 aromatic heterocycles.